The van der Waals surface area contributed by atoms with Crippen LogP contribution in [0.5, 0.6) is 0 Å². The average Bonchev–Trinajstić information content (AvgIpc) is 2.27. The first-order valence-corrected chi connectivity index (χ1v) is 5.89. The van der Waals surface area contributed by atoms with Crippen molar-refractivity contribution in [3.05, 3.63) is 0 Å². The van der Waals surface area contributed by atoms with Crippen LogP contribution in [0.2, 0.25) is 0 Å². The van der Waals surface area contributed by atoms with E-state index in [1.54, 1.807) is 4.90 Å². The lowest BCUT2D eigenvalue weighted by atomic mass is 9.92. The van der Waals surface area contributed by atoms with E-state index in [0.717, 1.165) is 0 Å². The largest absolute Gasteiger partial charge is 0.338 e. The van der Waals surface area contributed by atoms with Gasteiger partial charge in [0.05, 0.1) is 18.0 Å². The second kappa shape index (κ2) is 6.49. The lowest BCUT2D eigenvalue weighted by Crippen LogP contribution is -2.56. The van der Waals surface area contributed by atoms with Crippen LogP contribution >= 0.6 is 0 Å². The number of amides is 1. The molecule has 0 saturated heterocycles. The fourth-order valence-electron chi connectivity index (χ4n) is 1.60. The number of nitrogens with two attached hydrogens (primary N) is 1. The summed E-state index contributed by atoms with van der Waals surface area (Å²) >= 11 is 0. The number of hydrogen-bond donors (Lipinski definition) is 1. The van der Waals surface area contributed by atoms with Crippen molar-refractivity contribution in [2.45, 2.75) is 58.5 Å². The minimum absolute atomic E-state index is 0.0391. The molecule has 1 amide bonds. The molecule has 0 bridgehead atoms. The number of carbonyl (C=O) groups is 1. The molecule has 0 spiro atoms. The van der Waals surface area contributed by atoms with Gasteiger partial charge in [-0.3, -0.25) is 4.79 Å². The predicted octanol–water partition coefficient (Wildman–Crippen LogP) is 1.65. The standard InChI is InChI=1S/C12H23N3O/c1-5-12(14,6-2)11(16)15(10(3)4)9-7-8-13/h10H,5-7,9,14H2,1-4H3. The van der Waals surface area contributed by atoms with E-state index < -0.39 is 5.54 Å². The van der Waals surface area contributed by atoms with Crippen LogP contribution in [0.4, 0.5) is 0 Å². The molecule has 0 aromatic heterocycles. The van der Waals surface area contributed by atoms with Gasteiger partial charge >= 0.3 is 0 Å². The molecule has 0 atom stereocenters. The first-order valence-electron chi connectivity index (χ1n) is 5.89. The third kappa shape index (κ3) is 3.49. The first-order chi connectivity index (χ1) is 7.42. The van der Waals surface area contributed by atoms with Crippen LogP contribution in [0.15, 0.2) is 0 Å². The van der Waals surface area contributed by atoms with Crippen LogP contribution in [-0.4, -0.2) is 28.9 Å². The normalized spacial score (nSPS) is 11.3. The summed E-state index contributed by atoms with van der Waals surface area (Å²) in [6.45, 7) is 8.20. The maximum Gasteiger partial charge on any atom is 0.242 e. The third-order valence-corrected chi connectivity index (χ3v) is 3.04. The molecule has 0 fully saturated rings. The monoisotopic (exact) mass is 225 g/mol. The number of carbonyl (C=O) groups excluding carboxylic acids is 1. The highest BCUT2D eigenvalue weighted by Gasteiger charge is 2.34. The van der Waals surface area contributed by atoms with E-state index >= 15 is 0 Å². The number of hydrogen-bond acceptors (Lipinski definition) is 3. The zero-order valence-corrected chi connectivity index (χ0v) is 10.8. The fraction of sp³-hybridized carbons (Fsp3) is 0.833. The Hall–Kier alpha value is -1.08. The van der Waals surface area contributed by atoms with Crippen molar-refractivity contribution in [1.29, 1.82) is 5.26 Å². The Morgan fingerprint density at radius 2 is 1.94 bits per heavy atom. The Morgan fingerprint density at radius 3 is 2.25 bits per heavy atom. The topological polar surface area (TPSA) is 70.1 Å². The quantitative estimate of drug-likeness (QED) is 0.747. The minimum Gasteiger partial charge on any atom is -0.338 e. The Morgan fingerprint density at radius 1 is 1.44 bits per heavy atom. The van der Waals surface area contributed by atoms with Gasteiger partial charge in [0.1, 0.15) is 0 Å². The van der Waals surface area contributed by atoms with Gasteiger partial charge in [-0.05, 0) is 26.7 Å². The number of nitrogens with zero attached hydrogens (tertiary/aromatic N) is 2. The molecule has 0 aliphatic carbocycles. The highest BCUT2D eigenvalue weighted by Crippen LogP contribution is 2.17. The predicted molar refractivity (Wildman–Crippen MR) is 64.6 cm³/mol. The molecule has 92 valence electrons. The van der Waals surface area contributed by atoms with Gasteiger partial charge in [-0.1, -0.05) is 13.8 Å². The van der Waals surface area contributed by atoms with Gasteiger partial charge in [-0.25, -0.2) is 0 Å². The molecule has 0 radical (unpaired) electrons. The van der Waals surface area contributed by atoms with Gasteiger partial charge in [0, 0.05) is 12.6 Å². The summed E-state index contributed by atoms with van der Waals surface area (Å²) in [6, 6.07) is 2.15. The lowest BCUT2D eigenvalue weighted by Gasteiger charge is -2.35. The third-order valence-electron chi connectivity index (χ3n) is 3.04. The van der Waals surface area contributed by atoms with Gasteiger partial charge in [0.2, 0.25) is 5.91 Å². The van der Waals surface area contributed by atoms with Crippen molar-refractivity contribution in [2.75, 3.05) is 6.54 Å². The molecule has 0 unspecified atom stereocenters. The SMILES string of the molecule is CCC(N)(CC)C(=O)N(CCC#N)C(C)C. The molecule has 0 rings (SSSR count). The van der Waals surface area contributed by atoms with Crippen molar-refractivity contribution in [3.63, 3.8) is 0 Å². The van der Waals surface area contributed by atoms with E-state index in [0.29, 0.717) is 25.8 Å². The smallest absolute Gasteiger partial charge is 0.242 e. The maximum atomic E-state index is 12.3. The fourth-order valence-corrected chi connectivity index (χ4v) is 1.60. The van der Waals surface area contributed by atoms with Crippen LogP contribution in [0.3, 0.4) is 0 Å². The van der Waals surface area contributed by atoms with Crippen molar-refractivity contribution >= 4 is 5.91 Å². The van der Waals surface area contributed by atoms with Crippen molar-refractivity contribution in [2.24, 2.45) is 5.73 Å². The summed E-state index contributed by atoms with van der Waals surface area (Å²) in [5.74, 6) is -0.0391. The molecule has 16 heavy (non-hydrogen) atoms. The van der Waals surface area contributed by atoms with Crippen LogP contribution in [0, 0.1) is 11.3 Å². The summed E-state index contributed by atoms with van der Waals surface area (Å²) in [6.07, 6.45) is 1.60. The number of nitriles is 1. The summed E-state index contributed by atoms with van der Waals surface area (Å²) in [5, 5.41) is 8.58. The highest BCUT2D eigenvalue weighted by molar-refractivity contribution is 5.86. The summed E-state index contributed by atoms with van der Waals surface area (Å²) in [4.78, 5) is 14.0. The van der Waals surface area contributed by atoms with E-state index in [1.165, 1.54) is 0 Å². The van der Waals surface area contributed by atoms with Crippen LogP contribution in [-0.2, 0) is 4.79 Å². The second-order valence-electron chi connectivity index (χ2n) is 4.36. The molecular formula is C12H23N3O. The van der Waals surface area contributed by atoms with Gasteiger partial charge in [0.25, 0.3) is 0 Å². The van der Waals surface area contributed by atoms with E-state index in [9.17, 15) is 4.79 Å². The summed E-state index contributed by atoms with van der Waals surface area (Å²) < 4.78 is 0. The molecule has 0 heterocycles. The van der Waals surface area contributed by atoms with Crippen molar-refractivity contribution < 1.29 is 4.79 Å². The van der Waals surface area contributed by atoms with E-state index in [4.69, 9.17) is 11.0 Å². The number of rotatable bonds is 6. The molecular weight excluding hydrogens is 202 g/mol. The van der Waals surface area contributed by atoms with E-state index in [-0.39, 0.29) is 11.9 Å². The maximum absolute atomic E-state index is 12.3. The zero-order valence-electron chi connectivity index (χ0n) is 10.8. The molecule has 0 aliphatic rings. The Labute approximate surface area is 98.4 Å². The Kier molecular flexibility index (Phi) is 6.05. The van der Waals surface area contributed by atoms with Crippen LogP contribution < -0.4 is 5.73 Å². The summed E-state index contributed by atoms with van der Waals surface area (Å²) in [7, 11) is 0. The van der Waals surface area contributed by atoms with E-state index in [1.807, 2.05) is 27.7 Å². The van der Waals surface area contributed by atoms with Gasteiger partial charge in [0.15, 0.2) is 0 Å². The Bertz CT molecular complexity index is 264. The first kappa shape index (κ1) is 14.9. The molecule has 0 aromatic carbocycles. The zero-order chi connectivity index (χ0) is 12.8. The van der Waals surface area contributed by atoms with Crippen LogP contribution in [0.25, 0.3) is 0 Å². The highest BCUT2D eigenvalue weighted by atomic mass is 16.2. The van der Waals surface area contributed by atoms with E-state index in [2.05, 4.69) is 6.07 Å². The van der Waals surface area contributed by atoms with Gasteiger partial charge in [-0.15, -0.1) is 0 Å². The molecule has 4 nitrogen and oxygen atoms in total. The molecule has 2 N–H and O–H groups in total. The van der Waals surface area contributed by atoms with Gasteiger partial charge < -0.3 is 10.6 Å². The van der Waals surface area contributed by atoms with Crippen LogP contribution in [0.1, 0.15) is 47.0 Å². The van der Waals surface area contributed by atoms with Crippen molar-refractivity contribution in [1.82, 2.24) is 4.90 Å². The minimum atomic E-state index is -0.778. The second-order valence-corrected chi connectivity index (χ2v) is 4.36. The molecule has 0 saturated carbocycles. The van der Waals surface area contributed by atoms with Gasteiger partial charge in [-0.2, -0.15) is 5.26 Å². The molecule has 0 aromatic rings. The average molecular weight is 225 g/mol. The Balaban J connectivity index is 4.80. The van der Waals surface area contributed by atoms with Crippen molar-refractivity contribution in [3.8, 4) is 6.07 Å². The molecule has 0 aliphatic heterocycles. The molecule has 4 heteroatoms. The summed E-state index contributed by atoms with van der Waals surface area (Å²) in [5.41, 5.74) is 5.30. The lowest BCUT2D eigenvalue weighted by molar-refractivity contribution is -0.139.